The number of fused-ring (bicyclic) bond motifs is 4. The van der Waals surface area contributed by atoms with Gasteiger partial charge in [0.05, 0.1) is 11.7 Å². The van der Waals surface area contributed by atoms with Crippen molar-refractivity contribution >= 4 is 99.5 Å². The maximum absolute atomic E-state index is 14.1. The van der Waals surface area contributed by atoms with Crippen LogP contribution in [0.3, 0.4) is 0 Å². The molecule has 0 saturated heterocycles. The van der Waals surface area contributed by atoms with Crippen LogP contribution in [0.15, 0.2) is 91.0 Å². The Labute approximate surface area is 414 Å². The van der Waals surface area contributed by atoms with Crippen LogP contribution in [-0.4, -0.2) is 105 Å². The maximum atomic E-state index is 14.1. The maximum Gasteiger partial charge on any atom is 0.524 e. The van der Waals surface area contributed by atoms with Gasteiger partial charge in [-0.25, -0.2) is 4.57 Å². The molecule has 2 aliphatic heterocycles. The molecule has 3 heterocycles. The van der Waals surface area contributed by atoms with E-state index in [2.05, 4.69) is 31.6 Å². The smallest absolute Gasteiger partial charge is 0.404 e. The Hall–Kier alpha value is -6.89. The van der Waals surface area contributed by atoms with Gasteiger partial charge in [0.25, 0.3) is 23.6 Å². The second kappa shape index (κ2) is 22.5. The number of phosphoric ester groups is 1. The van der Waals surface area contributed by atoms with Crippen LogP contribution in [0, 0.1) is 11.8 Å². The molecule has 0 radical (unpaired) electrons. The van der Waals surface area contributed by atoms with E-state index < -0.39 is 49.4 Å². The number of halogens is 1. The Bertz CT molecular complexity index is 2930. The largest absolute Gasteiger partial charge is 0.524 e. The highest BCUT2D eigenvalue weighted by Crippen LogP contribution is 2.49. The molecule has 21 heteroatoms. The Kier molecular flexibility index (Phi) is 16.4. The molecular weight excluding hydrogens is 955 g/mol. The minimum Gasteiger partial charge on any atom is -0.404 e. The fourth-order valence-corrected chi connectivity index (χ4v) is 9.37. The van der Waals surface area contributed by atoms with Crippen molar-refractivity contribution in [2.45, 2.75) is 65.0 Å². The highest BCUT2D eigenvalue weighted by atomic mass is 35.5. The van der Waals surface area contributed by atoms with Crippen molar-refractivity contribution in [2.75, 3.05) is 47.6 Å². The molecule has 71 heavy (non-hydrogen) atoms. The van der Waals surface area contributed by atoms with Crippen molar-refractivity contribution in [1.82, 2.24) is 25.8 Å². The zero-order valence-electron chi connectivity index (χ0n) is 39.5. The van der Waals surface area contributed by atoms with Gasteiger partial charge in [-0.1, -0.05) is 52.0 Å². The summed E-state index contributed by atoms with van der Waals surface area (Å²) in [6.45, 7) is 8.46. The number of benzene rings is 4. The molecule has 5 aromatic rings. The van der Waals surface area contributed by atoms with Crippen molar-refractivity contribution in [2.24, 2.45) is 11.8 Å². The highest BCUT2D eigenvalue weighted by molar-refractivity contribution is 7.46. The Morgan fingerprint density at radius 3 is 2.21 bits per heavy atom. The number of hydrogen-bond donors (Lipinski definition) is 8. The number of nitrogens with zero attached hydrogens (tertiary/aromatic N) is 2. The number of carbonyl (C=O) groups excluding carboxylic acids is 7. The standard InChI is InChI=1S/C50H56ClN8O11P/c1-28(2)22-38(57-49(65)46(29(3)4)53-20-19-52-42(60)10-7-21-58-43(61)17-18-44(58)62)48(64)54-33-13-11-30(12-14-33)47(63)55-34-15-16-37-31(23-34)24-39(56-37)50(66)59-27-32(26-51)45-36-9-6-5-8-35(36)41(25-40(45)59)70-71(67,68)69/h5-6,8-9,11-18,23-25,28-29,32,38,46,53,56H,7,10,19-22,26-27H2,1-4H3,(H,52,60)(H,54,64)(H,55,63)(H,57,65)(H2,67,68,69)/t32-,38+,46+/m1/s1. The molecule has 374 valence electrons. The van der Waals surface area contributed by atoms with Crippen molar-refractivity contribution < 1.29 is 52.4 Å². The third-order valence-electron chi connectivity index (χ3n) is 12.1. The zero-order valence-corrected chi connectivity index (χ0v) is 41.1. The van der Waals surface area contributed by atoms with Gasteiger partial charge in [-0.3, -0.25) is 48.2 Å². The number of carbonyl (C=O) groups is 7. The van der Waals surface area contributed by atoms with E-state index in [1.165, 1.54) is 23.1 Å². The number of aromatic nitrogens is 1. The van der Waals surface area contributed by atoms with Gasteiger partial charge in [0.1, 0.15) is 17.5 Å². The lowest BCUT2D eigenvalue weighted by molar-refractivity contribution is -0.137. The molecule has 7 rings (SSSR count). The predicted molar refractivity (Wildman–Crippen MR) is 269 cm³/mol. The fraction of sp³-hybridized carbons (Fsp3) is 0.340. The Morgan fingerprint density at radius 1 is 0.859 bits per heavy atom. The van der Waals surface area contributed by atoms with Crippen LogP contribution in [0.25, 0.3) is 21.7 Å². The summed E-state index contributed by atoms with van der Waals surface area (Å²) in [7, 11) is -4.94. The zero-order chi connectivity index (χ0) is 51.1. The summed E-state index contributed by atoms with van der Waals surface area (Å²) < 4.78 is 17.0. The fourth-order valence-electron chi connectivity index (χ4n) is 8.71. The number of amides is 7. The summed E-state index contributed by atoms with van der Waals surface area (Å²) in [5.41, 5.74) is 3.19. The minimum atomic E-state index is -4.94. The summed E-state index contributed by atoms with van der Waals surface area (Å²) in [6, 6.07) is 19.9. The SMILES string of the molecule is CC(C)C[C@H](NC(=O)[C@@H](NCCNC(=O)CCCN1C(=O)C=CC1=O)C(C)C)C(=O)Nc1ccc(C(=O)Nc2ccc3[nH]c(C(=O)N4C[C@@H](CCl)c5c4cc(OP(=O)(O)O)c4ccccc54)cc3c2)cc1. The van der Waals surface area contributed by atoms with Crippen LogP contribution in [0.2, 0.25) is 0 Å². The number of imide groups is 1. The average Bonchev–Trinajstić information content (AvgIpc) is 4.02. The molecule has 1 aromatic heterocycles. The first-order valence-electron chi connectivity index (χ1n) is 23.2. The molecule has 0 spiro atoms. The van der Waals surface area contributed by atoms with E-state index in [4.69, 9.17) is 16.1 Å². The third kappa shape index (κ3) is 12.7. The van der Waals surface area contributed by atoms with Gasteiger partial charge in [-0.2, -0.15) is 0 Å². The molecule has 7 amide bonds. The topological polar surface area (TPSA) is 269 Å². The summed E-state index contributed by atoms with van der Waals surface area (Å²) in [4.78, 5) is 116. The molecule has 0 aliphatic carbocycles. The van der Waals surface area contributed by atoms with Crippen LogP contribution < -0.4 is 36.0 Å². The second-order valence-electron chi connectivity index (χ2n) is 18.2. The number of H-pyrrole nitrogens is 1. The van der Waals surface area contributed by atoms with Crippen LogP contribution in [0.5, 0.6) is 5.75 Å². The molecule has 0 bridgehead atoms. The minimum absolute atomic E-state index is 0.0507. The van der Waals surface area contributed by atoms with Crippen molar-refractivity contribution in [3.8, 4) is 5.75 Å². The number of hydrogen-bond acceptors (Lipinski definition) is 10. The van der Waals surface area contributed by atoms with Gasteiger partial charge in [-0.05, 0) is 84.2 Å². The normalized spacial score (nSPS) is 15.4. The van der Waals surface area contributed by atoms with E-state index in [1.54, 1.807) is 72.8 Å². The van der Waals surface area contributed by atoms with E-state index in [0.717, 1.165) is 10.5 Å². The first kappa shape index (κ1) is 51.9. The molecular formula is C50H56ClN8O11P. The van der Waals surface area contributed by atoms with Gasteiger partial charge in [0.15, 0.2) is 0 Å². The number of nitrogens with one attached hydrogen (secondary N) is 6. The van der Waals surface area contributed by atoms with E-state index in [-0.39, 0.29) is 79.5 Å². The summed E-state index contributed by atoms with van der Waals surface area (Å²) >= 11 is 6.41. The number of anilines is 3. The van der Waals surface area contributed by atoms with E-state index in [1.807, 2.05) is 27.7 Å². The van der Waals surface area contributed by atoms with Crippen molar-refractivity contribution in [3.63, 3.8) is 0 Å². The summed E-state index contributed by atoms with van der Waals surface area (Å²) in [5.74, 6) is -2.97. The van der Waals surface area contributed by atoms with Gasteiger partial charge in [0.2, 0.25) is 17.7 Å². The van der Waals surface area contributed by atoms with Gasteiger partial charge in [0, 0.05) is 95.8 Å². The van der Waals surface area contributed by atoms with Crippen LogP contribution >= 0.6 is 19.4 Å². The molecule has 0 saturated carbocycles. The lowest BCUT2D eigenvalue weighted by Crippen LogP contribution is -2.54. The van der Waals surface area contributed by atoms with E-state index >= 15 is 0 Å². The molecule has 19 nitrogen and oxygen atoms in total. The number of alkyl halides is 1. The van der Waals surface area contributed by atoms with Crippen LogP contribution in [0.1, 0.15) is 79.3 Å². The van der Waals surface area contributed by atoms with Gasteiger partial charge >= 0.3 is 7.82 Å². The lowest BCUT2D eigenvalue weighted by Gasteiger charge is -2.26. The molecule has 0 unspecified atom stereocenters. The van der Waals surface area contributed by atoms with Crippen LogP contribution in [0.4, 0.5) is 17.1 Å². The average molecular weight is 1010 g/mol. The predicted octanol–water partition coefficient (Wildman–Crippen LogP) is 5.93. The molecule has 4 aromatic carbocycles. The van der Waals surface area contributed by atoms with Gasteiger partial charge in [-0.15, -0.1) is 11.6 Å². The summed E-state index contributed by atoms with van der Waals surface area (Å²) in [6.07, 6.45) is 3.18. The van der Waals surface area contributed by atoms with Crippen molar-refractivity contribution in [3.05, 3.63) is 108 Å². The molecule has 0 fully saturated rings. The third-order valence-corrected chi connectivity index (χ3v) is 12.9. The number of rotatable bonds is 21. The molecule has 3 atom stereocenters. The van der Waals surface area contributed by atoms with E-state index in [9.17, 15) is 47.9 Å². The van der Waals surface area contributed by atoms with Crippen LogP contribution in [-0.2, 0) is 28.5 Å². The lowest BCUT2D eigenvalue weighted by atomic mass is 9.95. The number of phosphoric acid groups is 1. The Morgan fingerprint density at radius 2 is 1.55 bits per heavy atom. The quantitative estimate of drug-likeness (QED) is 0.0184. The number of aromatic amines is 1. The van der Waals surface area contributed by atoms with Gasteiger partial charge < -0.3 is 41.0 Å². The second-order valence-corrected chi connectivity index (χ2v) is 19.7. The highest BCUT2D eigenvalue weighted by Gasteiger charge is 2.37. The summed E-state index contributed by atoms with van der Waals surface area (Å²) in [5, 5.41) is 16.3. The monoisotopic (exact) mass is 1010 g/mol. The molecule has 2 aliphatic rings. The molecule has 8 N–H and O–H groups in total. The first-order valence-corrected chi connectivity index (χ1v) is 25.2. The van der Waals surface area contributed by atoms with Crippen molar-refractivity contribution in [1.29, 1.82) is 0 Å². The Balaban J connectivity index is 0.933. The van der Waals surface area contributed by atoms with E-state index in [0.29, 0.717) is 57.1 Å². The first-order chi connectivity index (χ1) is 33.8.